The second-order valence-electron chi connectivity index (χ2n) is 7.24. The number of nitrogens with one attached hydrogen (secondary N) is 2. The van der Waals surface area contributed by atoms with Crippen LogP contribution in [0.2, 0.25) is 0 Å². The number of aromatic hydroxyl groups is 1. The van der Waals surface area contributed by atoms with Gasteiger partial charge >= 0.3 is 0 Å². The second kappa shape index (κ2) is 8.08. The number of aliphatic imine (C=N–C) groups is 1. The third-order valence-corrected chi connectivity index (χ3v) is 5.13. The molecule has 152 valence electrons. The zero-order chi connectivity index (χ0) is 20.4. The number of aromatic nitrogens is 3. The Bertz CT molecular complexity index is 1060. The number of amides is 1. The minimum atomic E-state index is -0.156. The van der Waals surface area contributed by atoms with E-state index in [4.69, 9.17) is 4.74 Å². The maximum absolute atomic E-state index is 12.6. The highest BCUT2D eigenvalue weighted by molar-refractivity contribution is 6.14. The molecule has 3 N–H and O–H groups in total. The number of ether oxygens (including phenoxy) is 1. The fourth-order valence-electron chi connectivity index (χ4n) is 3.66. The van der Waals surface area contributed by atoms with E-state index in [-0.39, 0.29) is 17.9 Å². The number of carbonyl (C=O) groups excluding carboxylic acids is 1. The van der Waals surface area contributed by atoms with Crippen LogP contribution in [-0.4, -0.2) is 50.7 Å². The summed E-state index contributed by atoms with van der Waals surface area (Å²) in [5.74, 6) is -0.113. The maximum Gasteiger partial charge on any atom is 0.251 e. The van der Waals surface area contributed by atoms with Gasteiger partial charge in [0.05, 0.1) is 29.8 Å². The molecule has 3 heterocycles. The summed E-state index contributed by atoms with van der Waals surface area (Å²) in [4.78, 5) is 20.2. The summed E-state index contributed by atoms with van der Waals surface area (Å²) in [5.41, 5.74) is 3.33. The van der Waals surface area contributed by atoms with Gasteiger partial charge in [-0.2, -0.15) is 5.10 Å². The van der Waals surface area contributed by atoms with Gasteiger partial charge in [-0.15, -0.1) is 0 Å². The third kappa shape index (κ3) is 4.02. The Morgan fingerprint density at radius 1 is 1.48 bits per heavy atom. The summed E-state index contributed by atoms with van der Waals surface area (Å²) in [7, 11) is 1.83. The van der Waals surface area contributed by atoms with Crippen LogP contribution in [0.1, 0.15) is 42.1 Å². The van der Waals surface area contributed by atoms with Crippen LogP contribution in [0.15, 0.2) is 35.6 Å². The first-order valence-electron chi connectivity index (χ1n) is 9.86. The number of benzene rings is 1. The predicted octanol–water partition coefficient (Wildman–Crippen LogP) is 3.05. The molecule has 8 nitrogen and oxygen atoms in total. The van der Waals surface area contributed by atoms with Gasteiger partial charge < -0.3 is 20.1 Å². The number of rotatable bonds is 6. The standard InChI is InChI=1S/C21H25N5O3/c1-3-17(24-14-10-23-26(2)12-14)19-16-9-13(6-7-18(16)25-21(19)28)20(27)22-11-15-5-4-8-29-15/h6-7,9-10,12,15,25,28H,3-5,8,11H2,1-2H3,(H,22,27)/t15-/m1/s1. The van der Waals surface area contributed by atoms with Crippen LogP contribution in [0.4, 0.5) is 5.69 Å². The van der Waals surface area contributed by atoms with Crippen LogP contribution >= 0.6 is 0 Å². The lowest BCUT2D eigenvalue weighted by atomic mass is 10.0. The summed E-state index contributed by atoms with van der Waals surface area (Å²) in [5, 5.41) is 18.4. The van der Waals surface area contributed by atoms with Crippen LogP contribution in [0.5, 0.6) is 5.88 Å². The van der Waals surface area contributed by atoms with E-state index in [0.717, 1.165) is 36.1 Å². The lowest BCUT2D eigenvalue weighted by molar-refractivity contribution is 0.0858. The molecule has 29 heavy (non-hydrogen) atoms. The average Bonchev–Trinajstić information content (AvgIpc) is 3.44. The maximum atomic E-state index is 12.6. The molecule has 0 unspecified atom stereocenters. The van der Waals surface area contributed by atoms with E-state index >= 15 is 0 Å². The van der Waals surface area contributed by atoms with Gasteiger partial charge in [0.1, 0.15) is 5.69 Å². The average molecular weight is 395 g/mol. The first-order valence-corrected chi connectivity index (χ1v) is 9.86. The molecule has 0 bridgehead atoms. The molecular formula is C21H25N5O3. The smallest absolute Gasteiger partial charge is 0.251 e. The Morgan fingerprint density at radius 2 is 2.34 bits per heavy atom. The molecule has 8 heteroatoms. The van der Waals surface area contributed by atoms with E-state index in [9.17, 15) is 9.90 Å². The van der Waals surface area contributed by atoms with Crippen molar-refractivity contribution in [1.82, 2.24) is 20.1 Å². The van der Waals surface area contributed by atoms with Crippen LogP contribution in [0, 0.1) is 0 Å². The molecule has 0 saturated carbocycles. The van der Waals surface area contributed by atoms with E-state index in [1.54, 1.807) is 29.1 Å². The second-order valence-corrected chi connectivity index (χ2v) is 7.24. The summed E-state index contributed by atoms with van der Waals surface area (Å²) >= 11 is 0. The van der Waals surface area contributed by atoms with Crippen molar-refractivity contribution in [3.8, 4) is 5.88 Å². The van der Waals surface area contributed by atoms with Gasteiger partial charge in [-0.25, -0.2) is 4.99 Å². The number of hydrogen-bond acceptors (Lipinski definition) is 5. The molecule has 1 atom stereocenters. The summed E-state index contributed by atoms with van der Waals surface area (Å²) in [6.07, 6.45) is 6.20. The number of H-pyrrole nitrogens is 1. The molecular weight excluding hydrogens is 370 g/mol. The molecule has 1 amide bonds. The monoisotopic (exact) mass is 395 g/mol. The lowest BCUT2D eigenvalue weighted by Crippen LogP contribution is -2.31. The Balaban J connectivity index is 1.65. The summed E-state index contributed by atoms with van der Waals surface area (Å²) in [6.45, 7) is 3.24. The Kier molecular flexibility index (Phi) is 5.35. The van der Waals surface area contributed by atoms with Crippen molar-refractivity contribution in [2.24, 2.45) is 12.0 Å². The van der Waals surface area contributed by atoms with Gasteiger partial charge in [-0.05, 0) is 37.5 Å². The van der Waals surface area contributed by atoms with Gasteiger partial charge in [0.25, 0.3) is 5.91 Å². The van der Waals surface area contributed by atoms with Crippen LogP contribution in [-0.2, 0) is 11.8 Å². The Morgan fingerprint density at radius 3 is 3.03 bits per heavy atom. The van der Waals surface area contributed by atoms with Crippen molar-refractivity contribution in [3.63, 3.8) is 0 Å². The van der Waals surface area contributed by atoms with Crippen LogP contribution in [0.25, 0.3) is 10.9 Å². The highest BCUT2D eigenvalue weighted by Gasteiger charge is 2.19. The SMILES string of the molecule is CCC(=Nc1cnn(C)c1)c1c(O)[nH]c2ccc(C(=O)NC[C@H]3CCCO3)cc12. The zero-order valence-corrected chi connectivity index (χ0v) is 16.6. The first kappa shape index (κ1) is 19.2. The fourth-order valence-corrected chi connectivity index (χ4v) is 3.66. The molecule has 0 radical (unpaired) electrons. The van der Waals surface area contributed by atoms with Crippen LogP contribution in [0.3, 0.4) is 0 Å². The minimum absolute atomic E-state index is 0.0430. The van der Waals surface area contributed by atoms with Crippen LogP contribution < -0.4 is 5.32 Å². The van der Waals surface area contributed by atoms with Crippen molar-refractivity contribution in [2.75, 3.05) is 13.2 Å². The number of fused-ring (bicyclic) bond motifs is 1. The van der Waals surface area contributed by atoms with Crippen molar-refractivity contribution < 1.29 is 14.6 Å². The van der Waals surface area contributed by atoms with Gasteiger partial charge in [0, 0.05) is 36.7 Å². The zero-order valence-electron chi connectivity index (χ0n) is 16.6. The lowest BCUT2D eigenvalue weighted by Gasteiger charge is -2.11. The molecule has 3 aromatic rings. The van der Waals surface area contributed by atoms with E-state index in [0.29, 0.717) is 29.8 Å². The molecule has 1 aliphatic heterocycles. The first-order chi connectivity index (χ1) is 14.0. The van der Waals surface area contributed by atoms with Crippen molar-refractivity contribution >= 4 is 28.2 Å². The largest absolute Gasteiger partial charge is 0.494 e. The van der Waals surface area contributed by atoms with Gasteiger partial charge in [0.15, 0.2) is 5.88 Å². The number of aromatic amines is 1. The number of hydrogen-bond donors (Lipinski definition) is 3. The Hall–Kier alpha value is -3.13. The van der Waals surface area contributed by atoms with Crippen molar-refractivity contribution in [1.29, 1.82) is 0 Å². The highest BCUT2D eigenvalue weighted by atomic mass is 16.5. The molecule has 1 aliphatic rings. The van der Waals surface area contributed by atoms with E-state index < -0.39 is 0 Å². The minimum Gasteiger partial charge on any atom is -0.494 e. The topological polar surface area (TPSA) is 105 Å². The predicted molar refractivity (Wildman–Crippen MR) is 111 cm³/mol. The van der Waals surface area contributed by atoms with E-state index in [1.165, 1.54) is 0 Å². The molecule has 4 rings (SSSR count). The van der Waals surface area contributed by atoms with E-state index in [1.807, 2.05) is 20.2 Å². The van der Waals surface area contributed by atoms with Gasteiger partial charge in [-0.3, -0.25) is 9.48 Å². The molecule has 1 aromatic carbocycles. The van der Waals surface area contributed by atoms with Gasteiger partial charge in [0.2, 0.25) is 0 Å². The van der Waals surface area contributed by atoms with Crippen molar-refractivity contribution in [3.05, 3.63) is 41.7 Å². The van der Waals surface area contributed by atoms with Gasteiger partial charge in [-0.1, -0.05) is 6.92 Å². The fraction of sp³-hybridized carbons (Fsp3) is 0.381. The highest BCUT2D eigenvalue weighted by Crippen LogP contribution is 2.31. The normalized spacial score (nSPS) is 17.2. The quantitative estimate of drug-likeness (QED) is 0.558. The molecule has 1 saturated heterocycles. The van der Waals surface area contributed by atoms with Crippen molar-refractivity contribution in [2.45, 2.75) is 32.3 Å². The third-order valence-electron chi connectivity index (χ3n) is 5.13. The number of carbonyl (C=O) groups is 1. The summed E-state index contributed by atoms with van der Waals surface area (Å²) < 4.78 is 7.24. The Labute approximate surface area is 168 Å². The molecule has 0 aliphatic carbocycles. The number of nitrogens with zero attached hydrogens (tertiary/aromatic N) is 3. The molecule has 0 spiro atoms. The van der Waals surface area contributed by atoms with E-state index in [2.05, 4.69) is 20.4 Å². The molecule has 2 aromatic heterocycles. The molecule has 1 fully saturated rings. The number of aryl methyl sites for hydroxylation is 1. The summed E-state index contributed by atoms with van der Waals surface area (Å²) in [6, 6.07) is 5.34.